The number of benzene rings is 1. The number of hydrogen-bond donors (Lipinski definition) is 0. The first-order valence-electron chi connectivity index (χ1n) is 6.17. The maximum atomic E-state index is 11.5. The maximum Gasteiger partial charge on any atom is 0.225 e. The zero-order valence-electron chi connectivity index (χ0n) is 11.7. The molecule has 108 valence electrons. The molecule has 0 saturated carbocycles. The number of rotatable bonds is 0. The quantitative estimate of drug-likeness (QED) is 0.746. The van der Waals surface area contributed by atoms with Gasteiger partial charge in [0.05, 0.1) is 11.0 Å². The van der Waals surface area contributed by atoms with E-state index >= 15 is 0 Å². The Kier molecular flexibility index (Phi) is 3.46. The van der Waals surface area contributed by atoms with Crippen molar-refractivity contribution in [3.05, 3.63) is 23.2 Å². The summed E-state index contributed by atoms with van der Waals surface area (Å²) in [7, 11) is 3.46. The Balaban J connectivity index is 2.09. The molecular formula is C13H12ClN5OS. The molecule has 1 aromatic carbocycles. The summed E-state index contributed by atoms with van der Waals surface area (Å²) in [5.41, 5.74) is 1.47. The van der Waals surface area contributed by atoms with Crippen LogP contribution in [0.25, 0.3) is 11.0 Å². The van der Waals surface area contributed by atoms with Crippen molar-refractivity contribution < 1.29 is 4.79 Å². The minimum absolute atomic E-state index is 0.0881. The molecular weight excluding hydrogens is 310 g/mol. The summed E-state index contributed by atoms with van der Waals surface area (Å²) in [5, 5.41) is 7.86. The predicted molar refractivity (Wildman–Crippen MR) is 84.7 cm³/mol. The minimum Gasteiger partial charge on any atom is -0.293 e. The van der Waals surface area contributed by atoms with E-state index in [4.69, 9.17) is 11.6 Å². The second kappa shape index (κ2) is 5.16. The van der Waals surface area contributed by atoms with Crippen molar-refractivity contribution >= 4 is 51.3 Å². The van der Waals surface area contributed by atoms with E-state index in [1.54, 1.807) is 31.2 Å². The Morgan fingerprint density at radius 1 is 1.33 bits per heavy atom. The van der Waals surface area contributed by atoms with Gasteiger partial charge in [0.1, 0.15) is 5.03 Å². The molecule has 0 aliphatic carbocycles. The van der Waals surface area contributed by atoms with Crippen LogP contribution in [-0.2, 0) is 4.79 Å². The molecule has 0 fully saturated rings. The van der Waals surface area contributed by atoms with E-state index in [1.165, 1.54) is 23.6 Å². The molecule has 1 aliphatic heterocycles. The lowest BCUT2D eigenvalue weighted by molar-refractivity contribution is -0.124. The van der Waals surface area contributed by atoms with E-state index < -0.39 is 0 Å². The second-order valence-electron chi connectivity index (χ2n) is 4.57. The number of nitrogens with zero attached hydrogens (tertiary/aromatic N) is 5. The maximum absolute atomic E-state index is 11.5. The average molecular weight is 322 g/mol. The molecule has 21 heavy (non-hydrogen) atoms. The number of amides is 1. The molecule has 2 aromatic rings. The van der Waals surface area contributed by atoms with Crippen LogP contribution in [0, 0.1) is 0 Å². The summed E-state index contributed by atoms with van der Waals surface area (Å²) < 4.78 is 0. The zero-order valence-corrected chi connectivity index (χ0v) is 13.2. The fourth-order valence-electron chi connectivity index (χ4n) is 1.83. The van der Waals surface area contributed by atoms with E-state index in [-0.39, 0.29) is 5.91 Å². The largest absolute Gasteiger partial charge is 0.293 e. The Bertz CT molecular complexity index is 778. The van der Waals surface area contributed by atoms with E-state index in [0.717, 1.165) is 5.52 Å². The first kappa shape index (κ1) is 14.1. The van der Waals surface area contributed by atoms with Gasteiger partial charge in [0.2, 0.25) is 5.91 Å². The summed E-state index contributed by atoms with van der Waals surface area (Å²) >= 11 is 7.30. The van der Waals surface area contributed by atoms with Crippen molar-refractivity contribution in [1.29, 1.82) is 0 Å². The van der Waals surface area contributed by atoms with E-state index in [9.17, 15) is 4.79 Å². The highest BCUT2D eigenvalue weighted by atomic mass is 35.5. The van der Waals surface area contributed by atoms with Gasteiger partial charge in [-0.3, -0.25) is 9.69 Å². The fourth-order valence-corrected chi connectivity index (χ4v) is 3.02. The standard InChI is InChI=1S/C13H12ClN5OS/c1-7(20)18(2)13-17-19(3)11-12(21-13)16-10-6-8(14)4-5-9(10)15-11/h4-6H,1-3H3. The first-order chi connectivity index (χ1) is 9.95. The normalized spacial score (nSPS) is 13.9. The highest BCUT2D eigenvalue weighted by Gasteiger charge is 2.25. The van der Waals surface area contributed by atoms with Crippen LogP contribution in [-0.4, -0.2) is 40.0 Å². The summed E-state index contributed by atoms with van der Waals surface area (Å²) in [6, 6.07) is 5.37. The van der Waals surface area contributed by atoms with Crippen molar-refractivity contribution in [2.24, 2.45) is 5.10 Å². The van der Waals surface area contributed by atoms with Crippen molar-refractivity contribution in [2.75, 3.05) is 19.1 Å². The first-order valence-corrected chi connectivity index (χ1v) is 7.37. The van der Waals surface area contributed by atoms with Gasteiger partial charge in [0, 0.05) is 26.0 Å². The van der Waals surface area contributed by atoms with Crippen molar-refractivity contribution in [3.8, 4) is 0 Å². The molecule has 0 atom stereocenters. The van der Waals surface area contributed by atoms with Gasteiger partial charge >= 0.3 is 0 Å². The highest BCUT2D eigenvalue weighted by molar-refractivity contribution is 8.14. The molecule has 0 N–H and O–H groups in total. The van der Waals surface area contributed by atoms with Gasteiger partial charge in [0.25, 0.3) is 0 Å². The number of hydrogen-bond acceptors (Lipinski definition) is 6. The fraction of sp³-hybridized carbons (Fsp3) is 0.231. The van der Waals surface area contributed by atoms with Gasteiger partial charge in [-0.25, -0.2) is 15.0 Å². The number of hydrazone groups is 1. The Morgan fingerprint density at radius 2 is 2.10 bits per heavy atom. The molecule has 8 heteroatoms. The van der Waals surface area contributed by atoms with Gasteiger partial charge in [-0.2, -0.15) is 0 Å². The highest BCUT2D eigenvalue weighted by Crippen LogP contribution is 2.34. The van der Waals surface area contributed by atoms with Gasteiger partial charge in [0.15, 0.2) is 11.0 Å². The van der Waals surface area contributed by atoms with Gasteiger partial charge in [-0.1, -0.05) is 11.6 Å². The lowest BCUT2D eigenvalue weighted by Gasteiger charge is -2.25. The zero-order chi connectivity index (χ0) is 15.1. The Morgan fingerprint density at radius 3 is 2.81 bits per heavy atom. The molecule has 1 aliphatic rings. The summed E-state index contributed by atoms with van der Waals surface area (Å²) in [6.45, 7) is 1.49. The van der Waals surface area contributed by atoms with Gasteiger partial charge in [-0.05, 0) is 30.0 Å². The number of thioether (sulfide) groups is 1. The molecule has 0 saturated heterocycles. The second-order valence-corrected chi connectivity index (χ2v) is 5.96. The van der Waals surface area contributed by atoms with Crippen LogP contribution in [0.3, 0.4) is 0 Å². The van der Waals surface area contributed by atoms with Gasteiger partial charge < -0.3 is 0 Å². The lowest BCUT2D eigenvalue weighted by atomic mass is 10.3. The molecule has 0 unspecified atom stereocenters. The summed E-state index contributed by atoms with van der Waals surface area (Å²) in [4.78, 5) is 22.1. The van der Waals surface area contributed by atoms with Gasteiger partial charge in [-0.15, -0.1) is 5.10 Å². The number of amidine groups is 1. The Hall–Kier alpha value is -1.86. The molecule has 2 heterocycles. The monoisotopic (exact) mass is 321 g/mol. The topological polar surface area (TPSA) is 61.7 Å². The summed E-state index contributed by atoms with van der Waals surface area (Å²) in [6.07, 6.45) is 0. The minimum atomic E-state index is -0.0881. The summed E-state index contributed by atoms with van der Waals surface area (Å²) in [5.74, 6) is 0.574. The smallest absolute Gasteiger partial charge is 0.225 e. The lowest BCUT2D eigenvalue weighted by Crippen LogP contribution is -2.33. The van der Waals surface area contributed by atoms with Crippen LogP contribution in [0.15, 0.2) is 28.3 Å². The third kappa shape index (κ3) is 2.54. The van der Waals surface area contributed by atoms with E-state index in [1.807, 2.05) is 6.07 Å². The molecule has 0 bridgehead atoms. The van der Waals surface area contributed by atoms with Crippen LogP contribution >= 0.6 is 23.4 Å². The van der Waals surface area contributed by atoms with Crippen LogP contribution in [0.4, 0.5) is 5.82 Å². The average Bonchev–Trinajstić information content (AvgIpc) is 2.44. The molecule has 0 radical (unpaired) electrons. The van der Waals surface area contributed by atoms with Crippen LogP contribution in [0.2, 0.25) is 5.02 Å². The third-order valence-electron chi connectivity index (χ3n) is 3.07. The SMILES string of the molecule is CC(=O)N(C)C1=NN(C)c2nc3ccc(Cl)cc3nc2S1. The van der Waals surface area contributed by atoms with Crippen molar-refractivity contribution in [1.82, 2.24) is 14.9 Å². The molecule has 6 nitrogen and oxygen atoms in total. The number of halogens is 1. The number of carbonyl (C=O) groups is 1. The number of anilines is 1. The number of carbonyl (C=O) groups excluding carboxylic acids is 1. The third-order valence-corrected chi connectivity index (χ3v) is 4.31. The molecule has 1 aromatic heterocycles. The number of aromatic nitrogens is 2. The molecule has 0 spiro atoms. The number of fused-ring (bicyclic) bond motifs is 2. The molecule has 3 rings (SSSR count). The van der Waals surface area contributed by atoms with Crippen molar-refractivity contribution in [2.45, 2.75) is 11.9 Å². The van der Waals surface area contributed by atoms with Crippen LogP contribution in [0.1, 0.15) is 6.92 Å². The van der Waals surface area contributed by atoms with E-state index in [0.29, 0.717) is 26.6 Å². The van der Waals surface area contributed by atoms with Crippen LogP contribution < -0.4 is 5.01 Å². The van der Waals surface area contributed by atoms with Crippen molar-refractivity contribution in [3.63, 3.8) is 0 Å². The predicted octanol–water partition coefficient (Wildman–Crippen LogP) is 2.57. The Labute approximate surface area is 130 Å². The van der Waals surface area contributed by atoms with Crippen LogP contribution in [0.5, 0.6) is 0 Å². The molecule has 1 amide bonds. The van der Waals surface area contributed by atoms with E-state index in [2.05, 4.69) is 15.1 Å².